The molecule has 5 nitrogen and oxygen atoms in total. The van der Waals surface area contributed by atoms with Crippen molar-refractivity contribution in [1.29, 1.82) is 0 Å². The van der Waals surface area contributed by atoms with Crippen LogP contribution in [0, 0.1) is 5.41 Å². The molecule has 1 amide bonds. The summed E-state index contributed by atoms with van der Waals surface area (Å²) in [4.78, 5) is 14.2. The van der Waals surface area contributed by atoms with Gasteiger partial charge >= 0.3 is 0 Å². The topological polar surface area (TPSA) is 61.8 Å². The fourth-order valence-corrected chi connectivity index (χ4v) is 2.86. The summed E-state index contributed by atoms with van der Waals surface area (Å²) in [5.74, 6) is 0.146. The third kappa shape index (κ3) is 2.46. The maximum Gasteiger partial charge on any atom is 0.231 e. The molecule has 0 saturated carbocycles. The Kier molecular flexibility index (Phi) is 3.43. The number of aliphatic hydroxyl groups is 1. The maximum atomic E-state index is 12.5. The zero-order chi connectivity index (χ0) is 12.5. The number of hydrogen-bond donors (Lipinski definition) is 2. The first-order valence-electron chi connectivity index (χ1n) is 6.21. The minimum Gasteiger partial charge on any atom is -0.386 e. The summed E-state index contributed by atoms with van der Waals surface area (Å²) in [5, 5.41) is 13.0. The van der Waals surface area contributed by atoms with E-state index in [2.05, 4.69) is 5.32 Å². The molecular weight excluding hydrogens is 220 g/mol. The van der Waals surface area contributed by atoms with Gasteiger partial charge in [0.05, 0.1) is 30.7 Å². The van der Waals surface area contributed by atoms with Gasteiger partial charge in [-0.2, -0.15) is 0 Å². The Morgan fingerprint density at radius 3 is 2.47 bits per heavy atom. The predicted octanol–water partition coefficient (Wildman–Crippen LogP) is -0.404. The van der Waals surface area contributed by atoms with Gasteiger partial charge in [0.15, 0.2) is 0 Å². The standard InChI is InChI=1S/C12H22N2O3/c1-11(16)7-14(8-11)10(15)12(9-17-2)3-5-13-6-4-12/h13,16H,3-9H2,1-2H3. The van der Waals surface area contributed by atoms with Gasteiger partial charge in [-0.05, 0) is 32.9 Å². The Hall–Kier alpha value is -0.650. The predicted molar refractivity (Wildman–Crippen MR) is 63.6 cm³/mol. The highest BCUT2D eigenvalue weighted by molar-refractivity contribution is 5.84. The van der Waals surface area contributed by atoms with E-state index in [0.29, 0.717) is 19.7 Å². The first-order valence-corrected chi connectivity index (χ1v) is 6.21. The molecule has 2 aliphatic heterocycles. The Morgan fingerprint density at radius 2 is 2.00 bits per heavy atom. The average Bonchev–Trinajstić information content (AvgIpc) is 2.26. The van der Waals surface area contributed by atoms with Crippen molar-refractivity contribution >= 4 is 5.91 Å². The normalized spacial score (nSPS) is 26.4. The molecule has 0 aromatic rings. The Morgan fingerprint density at radius 1 is 1.41 bits per heavy atom. The Balaban J connectivity index is 2.03. The van der Waals surface area contributed by atoms with E-state index >= 15 is 0 Å². The second kappa shape index (κ2) is 4.55. The van der Waals surface area contributed by atoms with Gasteiger partial charge in [0.2, 0.25) is 5.91 Å². The first kappa shape index (κ1) is 12.8. The van der Waals surface area contributed by atoms with Gasteiger partial charge in [0.25, 0.3) is 0 Å². The number of likely N-dealkylation sites (tertiary alicyclic amines) is 1. The van der Waals surface area contributed by atoms with Gasteiger partial charge in [-0.1, -0.05) is 0 Å². The lowest BCUT2D eigenvalue weighted by molar-refractivity contribution is -0.168. The smallest absolute Gasteiger partial charge is 0.231 e. The number of piperidine rings is 1. The minimum absolute atomic E-state index is 0.146. The molecule has 0 atom stereocenters. The Bertz CT molecular complexity index is 285. The van der Waals surface area contributed by atoms with E-state index in [1.54, 1.807) is 18.9 Å². The number of methoxy groups -OCH3 is 1. The quantitative estimate of drug-likeness (QED) is 0.706. The third-order valence-corrected chi connectivity index (χ3v) is 3.79. The molecule has 0 aromatic carbocycles. The van der Waals surface area contributed by atoms with E-state index in [-0.39, 0.29) is 11.3 Å². The van der Waals surface area contributed by atoms with Gasteiger partial charge in [0.1, 0.15) is 0 Å². The van der Waals surface area contributed by atoms with Crippen LogP contribution in [-0.4, -0.2) is 61.4 Å². The molecule has 0 aliphatic carbocycles. The molecule has 0 bridgehead atoms. The number of hydrogen-bond acceptors (Lipinski definition) is 4. The van der Waals surface area contributed by atoms with Gasteiger partial charge in [-0.15, -0.1) is 0 Å². The van der Waals surface area contributed by atoms with E-state index < -0.39 is 5.60 Å². The second-order valence-electron chi connectivity index (χ2n) is 5.62. The van der Waals surface area contributed by atoms with Crippen LogP contribution in [0.25, 0.3) is 0 Å². The molecule has 98 valence electrons. The number of carbonyl (C=O) groups excluding carboxylic acids is 1. The molecule has 0 spiro atoms. The maximum absolute atomic E-state index is 12.5. The van der Waals surface area contributed by atoms with Gasteiger partial charge in [-0.25, -0.2) is 0 Å². The third-order valence-electron chi connectivity index (χ3n) is 3.79. The molecular formula is C12H22N2O3. The fourth-order valence-electron chi connectivity index (χ4n) is 2.86. The molecule has 5 heteroatoms. The summed E-state index contributed by atoms with van der Waals surface area (Å²) in [6.45, 7) is 4.86. The summed E-state index contributed by atoms with van der Waals surface area (Å²) in [7, 11) is 1.64. The number of nitrogens with one attached hydrogen (secondary N) is 1. The van der Waals surface area contributed by atoms with Crippen LogP contribution >= 0.6 is 0 Å². The Labute approximate surface area is 102 Å². The monoisotopic (exact) mass is 242 g/mol. The van der Waals surface area contributed by atoms with Crippen molar-refractivity contribution in [3.8, 4) is 0 Å². The van der Waals surface area contributed by atoms with E-state index in [1.165, 1.54) is 0 Å². The van der Waals surface area contributed by atoms with E-state index in [9.17, 15) is 9.90 Å². The molecule has 2 rings (SSSR count). The van der Waals surface area contributed by atoms with E-state index in [4.69, 9.17) is 4.74 Å². The van der Waals surface area contributed by atoms with E-state index in [0.717, 1.165) is 25.9 Å². The number of β-amino-alcohol motifs (C(OH)–C–C–N with tert-alkyl or cyclic N) is 1. The minimum atomic E-state index is -0.698. The number of amides is 1. The van der Waals surface area contributed by atoms with Gasteiger partial charge < -0.3 is 20.1 Å². The molecule has 2 saturated heterocycles. The summed E-state index contributed by atoms with van der Waals surface area (Å²) in [6, 6.07) is 0. The highest BCUT2D eigenvalue weighted by Gasteiger charge is 2.48. The summed E-state index contributed by atoms with van der Waals surface area (Å²) < 4.78 is 5.24. The highest BCUT2D eigenvalue weighted by atomic mass is 16.5. The SMILES string of the molecule is COCC1(C(=O)N2CC(C)(O)C2)CCNCC1. The van der Waals surface area contributed by atoms with Crippen molar-refractivity contribution < 1.29 is 14.6 Å². The summed E-state index contributed by atoms with van der Waals surface area (Å²) in [5.41, 5.74) is -1.08. The van der Waals surface area contributed by atoms with Crippen LogP contribution < -0.4 is 5.32 Å². The lowest BCUT2D eigenvalue weighted by Gasteiger charge is -2.49. The van der Waals surface area contributed by atoms with Crippen molar-refractivity contribution in [3.05, 3.63) is 0 Å². The fraction of sp³-hybridized carbons (Fsp3) is 0.917. The van der Waals surface area contributed by atoms with Crippen molar-refractivity contribution in [2.45, 2.75) is 25.4 Å². The molecule has 2 N–H and O–H groups in total. The zero-order valence-corrected chi connectivity index (χ0v) is 10.7. The number of rotatable bonds is 3. The molecule has 17 heavy (non-hydrogen) atoms. The van der Waals surface area contributed by atoms with Crippen LogP contribution in [0.3, 0.4) is 0 Å². The average molecular weight is 242 g/mol. The molecule has 0 radical (unpaired) electrons. The number of ether oxygens (including phenoxy) is 1. The molecule has 0 unspecified atom stereocenters. The zero-order valence-electron chi connectivity index (χ0n) is 10.7. The lowest BCUT2D eigenvalue weighted by Crippen LogP contribution is -2.65. The van der Waals surface area contributed by atoms with Gasteiger partial charge in [0, 0.05) is 7.11 Å². The number of nitrogens with zero attached hydrogens (tertiary/aromatic N) is 1. The molecule has 2 aliphatic rings. The van der Waals surface area contributed by atoms with Crippen LogP contribution in [0.1, 0.15) is 19.8 Å². The highest BCUT2D eigenvalue weighted by Crippen LogP contribution is 2.34. The molecule has 2 heterocycles. The first-order chi connectivity index (χ1) is 7.99. The van der Waals surface area contributed by atoms with Crippen LogP contribution in [-0.2, 0) is 9.53 Å². The van der Waals surface area contributed by atoms with Crippen molar-refractivity contribution in [3.63, 3.8) is 0 Å². The van der Waals surface area contributed by atoms with Crippen molar-refractivity contribution in [1.82, 2.24) is 10.2 Å². The number of carbonyl (C=O) groups is 1. The molecule has 2 fully saturated rings. The van der Waals surface area contributed by atoms with Gasteiger partial charge in [-0.3, -0.25) is 4.79 Å². The summed E-state index contributed by atoms with van der Waals surface area (Å²) >= 11 is 0. The van der Waals surface area contributed by atoms with Crippen LogP contribution in [0.4, 0.5) is 0 Å². The van der Waals surface area contributed by atoms with Crippen LogP contribution in [0.5, 0.6) is 0 Å². The van der Waals surface area contributed by atoms with Crippen molar-refractivity contribution in [2.75, 3.05) is 39.9 Å². The molecule has 0 aromatic heterocycles. The van der Waals surface area contributed by atoms with Crippen LogP contribution in [0.2, 0.25) is 0 Å². The largest absolute Gasteiger partial charge is 0.386 e. The van der Waals surface area contributed by atoms with Crippen molar-refractivity contribution in [2.24, 2.45) is 5.41 Å². The lowest BCUT2D eigenvalue weighted by atomic mass is 9.77. The second-order valence-corrected chi connectivity index (χ2v) is 5.62. The summed E-state index contributed by atoms with van der Waals surface area (Å²) in [6.07, 6.45) is 1.64. The van der Waals surface area contributed by atoms with E-state index in [1.807, 2.05) is 0 Å². The van der Waals surface area contributed by atoms with Crippen LogP contribution in [0.15, 0.2) is 0 Å².